The molecule has 0 aliphatic rings. The van der Waals surface area contributed by atoms with Crippen LogP contribution in [0, 0.1) is 5.92 Å². The Hall–Kier alpha value is -3.15. The molecule has 2 amide bonds. The molecule has 4 N–H and O–H groups in total. The molecule has 0 saturated carbocycles. The van der Waals surface area contributed by atoms with Crippen molar-refractivity contribution >= 4 is 29.4 Å². The first-order chi connectivity index (χ1) is 11.5. The van der Waals surface area contributed by atoms with Crippen molar-refractivity contribution in [2.75, 3.05) is 11.1 Å². The summed E-state index contributed by atoms with van der Waals surface area (Å²) in [6.45, 7) is 3.92. The number of carbonyl (C=O) groups is 2. The van der Waals surface area contributed by atoms with Crippen LogP contribution in [0.15, 0.2) is 53.6 Å². The maximum Gasteiger partial charge on any atom is 0.271 e. The minimum absolute atomic E-state index is 0.252. The van der Waals surface area contributed by atoms with Crippen LogP contribution in [0.25, 0.3) is 0 Å². The molecule has 24 heavy (non-hydrogen) atoms. The van der Waals surface area contributed by atoms with Crippen molar-refractivity contribution in [3.63, 3.8) is 0 Å². The van der Waals surface area contributed by atoms with Crippen molar-refractivity contribution in [3.8, 4) is 0 Å². The van der Waals surface area contributed by atoms with Gasteiger partial charge in [0.2, 0.25) is 0 Å². The van der Waals surface area contributed by atoms with Crippen LogP contribution in [-0.4, -0.2) is 18.0 Å². The lowest BCUT2D eigenvalue weighted by molar-refractivity contribution is 0.0953. The Labute approximate surface area is 140 Å². The summed E-state index contributed by atoms with van der Waals surface area (Å²) in [4.78, 5) is 24.1. The summed E-state index contributed by atoms with van der Waals surface area (Å²) in [5, 5.41) is 6.59. The highest BCUT2D eigenvalue weighted by molar-refractivity contribution is 6.06. The van der Waals surface area contributed by atoms with Crippen LogP contribution >= 0.6 is 0 Å². The highest BCUT2D eigenvalue weighted by Gasteiger charge is 2.10. The number of carbonyl (C=O) groups excluding carboxylic acids is 2. The summed E-state index contributed by atoms with van der Waals surface area (Å²) in [5.41, 5.74) is 10.1. The van der Waals surface area contributed by atoms with Gasteiger partial charge < -0.3 is 11.1 Å². The Morgan fingerprint density at radius 1 is 1.00 bits per heavy atom. The Balaban J connectivity index is 2.02. The minimum Gasteiger partial charge on any atom is -0.397 e. The summed E-state index contributed by atoms with van der Waals surface area (Å²) >= 11 is 0. The molecule has 6 nitrogen and oxygen atoms in total. The molecule has 0 bridgehead atoms. The van der Waals surface area contributed by atoms with Crippen LogP contribution in [0.5, 0.6) is 0 Å². The Bertz CT molecular complexity index is 752. The van der Waals surface area contributed by atoms with Crippen LogP contribution in [0.1, 0.15) is 34.6 Å². The molecule has 0 unspecified atom stereocenters. The molecular weight excluding hydrogens is 304 g/mol. The number of amides is 2. The van der Waals surface area contributed by atoms with E-state index in [2.05, 4.69) is 15.8 Å². The monoisotopic (exact) mass is 324 g/mol. The van der Waals surface area contributed by atoms with Gasteiger partial charge in [-0.15, -0.1) is 0 Å². The molecule has 124 valence electrons. The van der Waals surface area contributed by atoms with E-state index in [0.29, 0.717) is 22.5 Å². The van der Waals surface area contributed by atoms with Gasteiger partial charge in [0.15, 0.2) is 0 Å². The van der Waals surface area contributed by atoms with E-state index in [1.807, 2.05) is 13.8 Å². The number of hydrogen-bond acceptors (Lipinski definition) is 4. The van der Waals surface area contributed by atoms with E-state index >= 15 is 0 Å². The predicted octanol–water partition coefficient (Wildman–Crippen LogP) is 2.89. The minimum atomic E-state index is -0.328. The molecule has 2 rings (SSSR count). The predicted molar refractivity (Wildman–Crippen MR) is 96.0 cm³/mol. The molecule has 0 aromatic heterocycles. The Kier molecular flexibility index (Phi) is 5.68. The van der Waals surface area contributed by atoms with Gasteiger partial charge in [-0.3, -0.25) is 9.59 Å². The number of rotatable bonds is 5. The maximum absolute atomic E-state index is 12.2. The van der Waals surface area contributed by atoms with Crippen molar-refractivity contribution in [1.29, 1.82) is 0 Å². The van der Waals surface area contributed by atoms with Crippen molar-refractivity contribution < 1.29 is 9.59 Å². The summed E-state index contributed by atoms with van der Waals surface area (Å²) < 4.78 is 0. The number of hydrogen-bond donors (Lipinski definition) is 3. The normalized spacial score (nSPS) is 10.8. The van der Waals surface area contributed by atoms with Gasteiger partial charge in [0, 0.05) is 17.3 Å². The zero-order chi connectivity index (χ0) is 17.5. The molecule has 0 spiro atoms. The van der Waals surface area contributed by atoms with Crippen LogP contribution in [0.4, 0.5) is 11.4 Å². The first-order valence-electron chi connectivity index (χ1n) is 7.57. The zero-order valence-corrected chi connectivity index (χ0v) is 13.6. The summed E-state index contributed by atoms with van der Waals surface area (Å²) in [6.07, 6.45) is 1.64. The summed E-state index contributed by atoms with van der Waals surface area (Å²) in [6, 6.07) is 13.3. The molecule has 0 fully saturated rings. The lowest BCUT2D eigenvalue weighted by atomic mass is 10.1. The maximum atomic E-state index is 12.2. The first-order valence-corrected chi connectivity index (χ1v) is 7.57. The number of nitrogen functional groups attached to an aromatic ring is 1. The molecule has 0 aliphatic heterocycles. The number of nitrogens with two attached hydrogens (primary N) is 1. The van der Waals surface area contributed by atoms with E-state index in [1.165, 1.54) is 0 Å². The third-order valence-electron chi connectivity index (χ3n) is 3.16. The fourth-order valence-corrected chi connectivity index (χ4v) is 1.89. The topological polar surface area (TPSA) is 96.6 Å². The standard InChI is InChI=1S/C18H20N4O2/c1-12(2)11-20-22-18(24)14-9-7-13(8-10-14)17(23)21-16-6-4-3-5-15(16)19/h3-12H,19H2,1-2H3,(H,21,23)(H,22,24)/b20-11+. The van der Waals surface area contributed by atoms with E-state index in [-0.39, 0.29) is 17.7 Å². The number of anilines is 2. The van der Waals surface area contributed by atoms with Crippen LogP contribution in [0.3, 0.4) is 0 Å². The molecule has 0 atom stereocenters. The van der Waals surface area contributed by atoms with Crippen molar-refractivity contribution in [3.05, 3.63) is 59.7 Å². The van der Waals surface area contributed by atoms with E-state index in [0.717, 1.165) is 0 Å². The summed E-state index contributed by atoms with van der Waals surface area (Å²) in [5.74, 6) is -0.370. The SMILES string of the molecule is CC(C)/C=N/NC(=O)c1ccc(C(=O)Nc2ccccc2N)cc1. The van der Waals surface area contributed by atoms with Gasteiger partial charge in [-0.1, -0.05) is 26.0 Å². The first kappa shape index (κ1) is 17.2. The van der Waals surface area contributed by atoms with Crippen LogP contribution < -0.4 is 16.5 Å². The van der Waals surface area contributed by atoms with E-state index in [4.69, 9.17) is 5.73 Å². The smallest absolute Gasteiger partial charge is 0.271 e. The second-order valence-corrected chi connectivity index (χ2v) is 5.58. The van der Waals surface area contributed by atoms with Crippen LogP contribution in [0.2, 0.25) is 0 Å². The lowest BCUT2D eigenvalue weighted by Crippen LogP contribution is -2.18. The number of para-hydroxylation sites is 2. The molecule has 0 saturated heterocycles. The molecular formula is C18H20N4O2. The number of nitrogens with one attached hydrogen (secondary N) is 2. The van der Waals surface area contributed by atoms with Gasteiger partial charge >= 0.3 is 0 Å². The van der Waals surface area contributed by atoms with Crippen molar-refractivity contribution in [2.45, 2.75) is 13.8 Å². The highest BCUT2D eigenvalue weighted by Crippen LogP contribution is 2.18. The van der Waals surface area contributed by atoms with E-state index < -0.39 is 0 Å². The van der Waals surface area contributed by atoms with Crippen molar-refractivity contribution in [1.82, 2.24) is 5.43 Å². The Morgan fingerprint density at radius 2 is 1.58 bits per heavy atom. The molecule has 0 aliphatic carbocycles. The van der Waals surface area contributed by atoms with E-state index in [9.17, 15) is 9.59 Å². The average molecular weight is 324 g/mol. The average Bonchev–Trinajstić information content (AvgIpc) is 2.56. The summed E-state index contributed by atoms with van der Waals surface area (Å²) in [7, 11) is 0. The van der Waals surface area contributed by atoms with Gasteiger partial charge in [-0.2, -0.15) is 5.10 Å². The Morgan fingerprint density at radius 3 is 2.17 bits per heavy atom. The molecule has 0 heterocycles. The largest absolute Gasteiger partial charge is 0.397 e. The third-order valence-corrected chi connectivity index (χ3v) is 3.16. The fraction of sp³-hybridized carbons (Fsp3) is 0.167. The quantitative estimate of drug-likeness (QED) is 0.448. The number of nitrogens with zero attached hydrogens (tertiary/aromatic N) is 1. The van der Waals surface area contributed by atoms with Gasteiger partial charge in [0.05, 0.1) is 11.4 Å². The second kappa shape index (κ2) is 7.92. The molecule has 2 aromatic carbocycles. The lowest BCUT2D eigenvalue weighted by Gasteiger charge is -2.08. The number of hydrazone groups is 1. The number of benzene rings is 2. The van der Waals surface area contributed by atoms with Gasteiger partial charge in [0.1, 0.15) is 0 Å². The fourth-order valence-electron chi connectivity index (χ4n) is 1.89. The molecule has 6 heteroatoms. The molecule has 2 aromatic rings. The molecule has 0 radical (unpaired) electrons. The van der Waals surface area contributed by atoms with Gasteiger partial charge in [-0.05, 0) is 42.3 Å². The zero-order valence-electron chi connectivity index (χ0n) is 13.6. The van der Waals surface area contributed by atoms with Gasteiger partial charge in [0.25, 0.3) is 11.8 Å². The highest BCUT2D eigenvalue weighted by atomic mass is 16.2. The van der Waals surface area contributed by atoms with Crippen LogP contribution in [-0.2, 0) is 0 Å². The second-order valence-electron chi connectivity index (χ2n) is 5.58. The van der Waals surface area contributed by atoms with Gasteiger partial charge in [-0.25, -0.2) is 5.43 Å². The third kappa shape index (κ3) is 4.67. The van der Waals surface area contributed by atoms with E-state index in [1.54, 1.807) is 54.7 Å². The van der Waals surface area contributed by atoms with Crippen molar-refractivity contribution in [2.24, 2.45) is 11.0 Å².